The SMILES string of the molecule is Cn1c[n+](C)c2cc3c(cc21)-c1cc2c4cc1Cc1cc5c(cc1-3)-c1cc3c(cc1-c1cc6c(cc1C5)Cc1cc(c(cc1-c1cc5c(cc1-6)[n+](C)cn5C)-c1cc5c(cc1-2)n(C)c[n+]5C)C4)[n+](C)cn3C. The third-order valence-corrected chi connectivity index (χ3v) is 18.0. The Labute approximate surface area is 416 Å². The Kier molecular flexibility index (Phi) is 7.07. The van der Waals surface area contributed by atoms with Gasteiger partial charge in [0.05, 0.1) is 56.4 Å². The van der Waals surface area contributed by atoms with Crippen LogP contribution in [0.2, 0.25) is 0 Å². The molecule has 0 N–H and O–H groups in total. The molecule has 4 heterocycles. The Bertz CT molecular complexity index is 3800. The van der Waals surface area contributed by atoms with Gasteiger partial charge in [-0.25, -0.2) is 36.5 Å². The van der Waals surface area contributed by atoms with Gasteiger partial charge < -0.3 is 0 Å². The molecule has 0 radical (unpaired) electrons. The first kappa shape index (κ1) is 39.4. The van der Waals surface area contributed by atoms with Crippen molar-refractivity contribution in [1.82, 2.24) is 18.3 Å². The zero-order valence-corrected chi connectivity index (χ0v) is 42.0. The van der Waals surface area contributed by atoms with Gasteiger partial charge in [-0.1, -0.05) is 24.3 Å². The topological polar surface area (TPSA) is 35.2 Å². The standard InChI is InChI=1S/C64H52N8/c1-65-29-66(2)58-22-50-42-18-44-36-11-38-16-40-12-39-15-37-10-35-13-33(9-34(42)14-36)41(49(50)21-57(58)65)17-43(35)51-23-59-61(69(5)30-67(59)3)25-53(51)45(37)19-47(39)55-27-63-64(72(8)32-71(63)7)28-56(55)48(40)20-46(38)54-26-62-60(24-52(44)54)68(4)31-70(62)6/h13-32H,9-12H2,1-8H3/q+4. The second kappa shape index (κ2) is 12.9. The minimum atomic E-state index is 0.857. The minimum Gasteiger partial charge on any atom is -0.233 e. The third-order valence-electron chi connectivity index (χ3n) is 18.0. The van der Waals surface area contributed by atoms with Gasteiger partial charge in [0.1, 0.15) is 0 Å². The first-order valence-corrected chi connectivity index (χ1v) is 25.5. The fourth-order valence-corrected chi connectivity index (χ4v) is 14.7. The van der Waals surface area contributed by atoms with Crippen molar-refractivity contribution in [1.29, 1.82) is 0 Å². The molecule has 344 valence electrons. The molecule has 0 atom stereocenters. The Morgan fingerprint density at radius 2 is 0.417 bits per heavy atom. The Morgan fingerprint density at radius 3 is 0.611 bits per heavy atom. The van der Waals surface area contributed by atoms with E-state index in [0.29, 0.717) is 0 Å². The number of hydrogen-bond donors (Lipinski definition) is 0. The highest BCUT2D eigenvalue weighted by Crippen LogP contribution is 2.54. The van der Waals surface area contributed by atoms with E-state index in [9.17, 15) is 0 Å². The lowest BCUT2D eigenvalue weighted by molar-refractivity contribution is -0.645. The largest absolute Gasteiger partial charge is 0.244 e. The van der Waals surface area contributed by atoms with Crippen molar-refractivity contribution in [3.05, 3.63) is 167 Å². The van der Waals surface area contributed by atoms with E-state index in [2.05, 4.69) is 215 Å². The lowest BCUT2D eigenvalue weighted by Crippen LogP contribution is -2.25. The summed E-state index contributed by atoms with van der Waals surface area (Å²) in [4.78, 5) is 0. The molecule has 8 aromatic carbocycles. The summed E-state index contributed by atoms with van der Waals surface area (Å²) in [7, 11) is 17.5. The lowest BCUT2D eigenvalue weighted by Gasteiger charge is -2.17. The van der Waals surface area contributed by atoms with Gasteiger partial charge in [-0.15, -0.1) is 0 Å². The molecule has 5 aliphatic carbocycles. The van der Waals surface area contributed by atoms with Gasteiger partial charge in [0.15, 0.2) is 44.1 Å². The molecule has 8 nitrogen and oxygen atoms in total. The van der Waals surface area contributed by atoms with Crippen LogP contribution in [0.1, 0.15) is 44.5 Å². The van der Waals surface area contributed by atoms with E-state index in [1.165, 1.54) is 178 Å². The van der Waals surface area contributed by atoms with Crippen molar-refractivity contribution < 1.29 is 18.3 Å². The maximum absolute atomic E-state index is 2.62. The maximum atomic E-state index is 2.62. The summed E-state index contributed by atoms with van der Waals surface area (Å²) in [6.07, 6.45) is 12.3. The van der Waals surface area contributed by atoms with Crippen molar-refractivity contribution in [2.24, 2.45) is 56.4 Å². The van der Waals surface area contributed by atoms with Gasteiger partial charge in [-0.05, 0) is 232 Å². The highest BCUT2D eigenvalue weighted by molar-refractivity contribution is 6.05. The van der Waals surface area contributed by atoms with E-state index in [4.69, 9.17) is 0 Å². The number of benzene rings is 8. The quantitative estimate of drug-likeness (QED) is 0.136. The van der Waals surface area contributed by atoms with Crippen LogP contribution in [0.25, 0.3) is 133 Å². The summed E-state index contributed by atoms with van der Waals surface area (Å²) < 4.78 is 18.4. The highest BCUT2D eigenvalue weighted by Gasteiger charge is 2.34. The van der Waals surface area contributed by atoms with Crippen LogP contribution in [0.15, 0.2) is 122 Å². The van der Waals surface area contributed by atoms with Crippen molar-refractivity contribution >= 4 is 44.1 Å². The van der Waals surface area contributed by atoms with E-state index in [0.717, 1.165) is 25.7 Å². The molecule has 0 unspecified atom stereocenters. The van der Waals surface area contributed by atoms with Crippen molar-refractivity contribution in [2.75, 3.05) is 0 Å². The number of fused-ring (bicyclic) bond motifs is 16. The van der Waals surface area contributed by atoms with Crippen LogP contribution < -0.4 is 18.3 Å². The Hall–Kier alpha value is -8.36. The number of rotatable bonds is 0. The molecule has 8 bridgehead atoms. The normalized spacial score (nSPS) is 13.9. The van der Waals surface area contributed by atoms with Gasteiger partial charge in [-0.2, -0.15) is 0 Å². The van der Waals surface area contributed by atoms with E-state index >= 15 is 0 Å². The van der Waals surface area contributed by atoms with Crippen LogP contribution in [0, 0.1) is 0 Å². The van der Waals surface area contributed by atoms with Crippen molar-refractivity contribution in [3.8, 4) is 89.0 Å². The molecule has 17 rings (SSSR count). The van der Waals surface area contributed by atoms with Crippen molar-refractivity contribution in [2.45, 2.75) is 25.7 Å². The second-order valence-electron chi connectivity index (χ2n) is 22.3. The molecule has 0 amide bonds. The summed E-state index contributed by atoms with van der Waals surface area (Å²) in [6.45, 7) is 0. The Balaban J connectivity index is 1.09. The van der Waals surface area contributed by atoms with Gasteiger partial charge >= 0.3 is 0 Å². The number of imidazole rings is 4. The van der Waals surface area contributed by atoms with Gasteiger partial charge in [0, 0.05) is 0 Å². The summed E-state index contributed by atoms with van der Waals surface area (Å²) in [5.41, 5.74) is 42.2. The van der Waals surface area contributed by atoms with Crippen LogP contribution in [0.4, 0.5) is 0 Å². The number of aryl methyl sites for hydroxylation is 8. The Morgan fingerprint density at radius 1 is 0.236 bits per heavy atom. The molecule has 0 aliphatic heterocycles. The zero-order chi connectivity index (χ0) is 48.1. The molecule has 72 heavy (non-hydrogen) atoms. The fraction of sp³-hybridized carbons (Fsp3) is 0.188. The molecule has 12 aromatic rings. The van der Waals surface area contributed by atoms with Crippen LogP contribution in [0.3, 0.4) is 0 Å². The summed E-state index contributed by atoms with van der Waals surface area (Å²) >= 11 is 0. The molecule has 0 saturated heterocycles. The summed E-state index contributed by atoms with van der Waals surface area (Å²) in [5, 5.41) is 0. The first-order valence-electron chi connectivity index (χ1n) is 25.5. The molecule has 5 aliphatic rings. The van der Waals surface area contributed by atoms with Crippen LogP contribution in [-0.2, 0) is 82.1 Å². The summed E-state index contributed by atoms with van der Waals surface area (Å²) in [6, 6.07) is 40.9. The molecular weight excluding hydrogens is 881 g/mol. The van der Waals surface area contributed by atoms with E-state index in [-0.39, 0.29) is 0 Å². The molecule has 0 spiro atoms. The molecule has 0 fully saturated rings. The molecule has 8 heteroatoms. The fourth-order valence-electron chi connectivity index (χ4n) is 14.7. The third kappa shape index (κ3) is 4.87. The highest BCUT2D eigenvalue weighted by atomic mass is 15.1. The smallest absolute Gasteiger partial charge is 0.233 e. The predicted molar refractivity (Wildman–Crippen MR) is 285 cm³/mol. The second-order valence-corrected chi connectivity index (χ2v) is 22.3. The van der Waals surface area contributed by atoms with E-state index in [1.54, 1.807) is 0 Å². The molecule has 4 aromatic heterocycles. The first-order chi connectivity index (χ1) is 34.9. The average Bonchev–Trinajstić information content (AvgIpc) is 3.88. The maximum Gasteiger partial charge on any atom is 0.244 e. The van der Waals surface area contributed by atoms with Crippen LogP contribution in [0.5, 0.6) is 0 Å². The zero-order valence-electron chi connectivity index (χ0n) is 42.0. The van der Waals surface area contributed by atoms with Gasteiger partial charge in [0.25, 0.3) is 0 Å². The molecular formula is C64H52N8+4. The van der Waals surface area contributed by atoms with Gasteiger partial charge in [0.2, 0.25) is 25.3 Å². The predicted octanol–water partition coefficient (Wildman–Crippen LogP) is 10.2. The monoisotopic (exact) mass is 932 g/mol. The number of nitrogens with zero attached hydrogens (tertiary/aromatic N) is 8. The van der Waals surface area contributed by atoms with Gasteiger partial charge in [-0.3, -0.25) is 0 Å². The van der Waals surface area contributed by atoms with E-state index in [1.807, 2.05) is 0 Å². The van der Waals surface area contributed by atoms with Crippen molar-refractivity contribution in [3.63, 3.8) is 0 Å². The number of aromatic nitrogens is 8. The van der Waals surface area contributed by atoms with E-state index < -0.39 is 0 Å². The minimum absolute atomic E-state index is 0.857. The molecule has 0 saturated carbocycles. The summed E-state index contributed by atoms with van der Waals surface area (Å²) in [5.74, 6) is 0. The number of hydrogen-bond acceptors (Lipinski definition) is 0. The average molecular weight is 933 g/mol. The lowest BCUT2D eigenvalue weighted by atomic mass is 9.86. The van der Waals surface area contributed by atoms with Crippen LogP contribution in [-0.4, -0.2) is 18.3 Å². The van der Waals surface area contributed by atoms with Crippen LogP contribution >= 0.6 is 0 Å².